The van der Waals surface area contributed by atoms with Crippen molar-refractivity contribution in [1.29, 1.82) is 0 Å². The molecule has 1 rings (SSSR count). The Labute approximate surface area is 184 Å². The van der Waals surface area contributed by atoms with Crippen LogP contribution in [0.15, 0.2) is 18.4 Å². The summed E-state index contributed by atoms with van der Waals surface area (Å²) in [4.78, 5) is 35.9. The van der Waals surface area contributed by atoms with E-state index in [0.29, 0.717) is 3.58 Å². The van der Waals surface area contributed by atoms with E-state index in [9.17, 15) is 19.5 Å². The van der Waals surface area contributed by atoms with E-state index in [1.165, 1.54) is 0 Å². The van der Waals surface area contributed by atoms with Gasteiger partial charge in [-0.2, -0.15) is 0 Å². The average Bonchev–Trinajstić information content (AvgIpc) is 2.54. The first-order valence-electron chi connectivity index (χ1n) is 6.79. The first-order chi connectivity index (χ1) is 11.5. The minimum Gasteiger partial charge on any atom is -0.394 e. The lowest BCUT2D eigenvalue weighted by Crippen LogP contribution is -2.54. The average molecular weight is 691 g/mol. The number of primary amides is 2. The largest absolute Gasteiger partial charge is 0.394 e. The minimum atomic E-state index is -1.57. The number of hydrogen-bond acceptors (Lipinski definition) is 6. The van der Waals surface area contributed by atoms with Crippen LogP contribution in [0.5, 0.6) is 0 Å². The van der Waals surface area contributed by atoms with Gasteiger partial charge in [-0.1, -0.05) is 22.6 Å². The van der Waals surface area contributed by atoms with E-state index in [1.54, 1.807) is 45.2 Å². The molecule has 0 bridgehead atoms. The maximum atomic E-state index is 12.2. The van der Waals surface area contributed by atoms with Crippen LogP contribution in [0.1, 0.15) is 6.42 Å². The van der Waals surface area contributed by atoms with Crippen molar-refractivity contribution < 1.29 is 29.7 Å². The molecule has 0 saturated heterocycles. The number of halogens is 3. The van der Waals surface area contributed by atoms with Gasteiger partial charge < -0.3 is 32.1 Å². The number of alkyl halides is 1. The van der Waals surface area contributed by atoms with Crippen LogP contribution in [0.25, 0.3) is 0 Å². The molecule has 140 valence electrons. The Morgan fingerprint density at radius 1 is 1.24 bits per heavy atom. The van der Waals surface area contributed by atoms with Crippen LogP contribution >= 0.6 is 67.8 Å². The molecule has 0 saturated carbocycles. The van der Waals surface area contributed by atoms with E-state index in [4.69, 9.17) is 21.7 Å². The van der Waals surface area contributed by atoms with Gasteiger partial charge in [-0.25, -0.2) is 0 Å². The molecule has 8 N–H and O–H groups in total. The van der Waals surface area contributed by atoms with Gasteiger partial charge in [0.1, 0.15) is 10.0 Å². The number of aliphatic hydroxyl groups is 3. The highest BCUT2D eigenvalue weighted by Gasteiger charge is 2.54. The first-order valence-corrected chi connectivity index (χ1v) is 10.0. The summed E-state index contributed by atoms with van der Waals surface area (Å²) >= 11 is 5.36. The number of amides is 3. The fraction of sp³-hybridized carbons (Fsp3) is 0.462. The summed E-state index contributed by atoms with van der Waals surface area (Å²) < 4.78 is -0.908. The number of allylic oxidation sites excluding steroid dienone is 1. The third-order valence-corrected chi connectivity index (χ3v) is 7.67. The van der Waals surface area contributed by atoms with Gasteiger partial charge in [0.15, 0.2) is 0 Å². The fourth-order valence-electron chi connectivity index (χ4n) is 2.35. The molecular formula is C13H16I3N3O6. The smallest absolute Gasteiger partial charge is 0.250 e. The fourth-order valence-corrected chi connectivity index (χ4v) is 7.34. The molecule has 0 aromatic carbocycles. The van der Waals surface area contributed by atoms with Gasteiger partial charge in [-0.15, -0.1) is 0 Å². The lowest BCUT2D eigenvalue weighted by Gasteiger charge is -2.39. The predicted octanol–water partition coefficient (Wildman–Crippen LogP) is -1.05. The molecule has 1 aliphatic carbocycles. The van der Waals surface area contributed by atoms with Crippen molar-refractivity contribution >= 4 is 85.5 Å². The second-order valence-corrected chi connectivity index (χ2v) is 9.12. The Morgan fingerprint density at radius 2 is 1.80 bits per heavy atom. The maximum Gasteiger partial charge on any atom is 0.250 e. The van der Waals surface area contributed by atoms with Crippen molar-refractivity contribution in [3.8, 4) is 0 Å². The summed E-state index contributed by atoms with van der Waals surface area (Å²) in [5.74, 6) is -3.58. The molecule has 0 aromatic rings. The third-order valence-electron chi connectivity index (χ3n) is 3.52. The number of aliphatic hydroxyl groups excluding tert-OH is 3. The van der Waals surface area contributed by atoms with Crippen LogP contribution in [-0.4, -0.2) is 55.8 Å². The van der Waals surface area contributed by atoms with Crippen molar-refractivity contribution in [2.24, 2.45) is 17.4 Å². The van der Waals surface area contributed by atoms with Crippen LogP contribution in [0.3, 0.4) is 0 Å². The lowest BCUT2D eigenvalue weighted by molar-refractivity contribution is -0.127. The van der Waals surface area contributed by atoms with Gasteiger partial charge in [0.2, 0.25) is 17.7 Å². The SMILES string of the molecule is NC(=O)C1C(I)=C(NC(=O)CO)C(I)=C(CC(O)CO)C1(I)C(N)=O. The van der Waals surface area contributed by atoms with Crippen LogP contribution in [0, 0.1) is 5.92 Å². The summed E-state index contributed by atoms with van der Waals surface area (Å²) in [5.41, 5.74) is 11.5. The molecule has 0 fully saturated rings. The lowest BCUT2D eigenvalue weighted by atomic mass is 9.78. The van der Waals surface area contributed by atoms with Crippen molar-refractivity contribution in [3.63, 3.8) is 0 Å². The maximum absolute atomic E-state index is 12.2. The number of nitrogens with one attached hydrogen (secondary N) is 1. The monoisotopic (exact) mass is 691 g/mol. The summed E-state index contributed by atoms with van der Waals surface area (Å²) in [6.45, 7) is -1.35. The number of carbonyl (C=O) groups is 3. The van der Waals surface area contributed by atoms with Crippen LogP contribution in [-0.2, 0) is 14.4 Å². The molecule has 0 spiro atoms. The molecule has 0 aliphatic heterocycles. The Bertz CT molecular complexity index is 665. The van der Waals surface area contributed by atoms with Crippen molar-refractivity contribution in [2.45, 2.75) is 15.9 Å². The van der Waals surface area contributed by atoms with Gasteiger partial charge in [-0.05, 0) is 57.2 Å². The van der Waals surface area contributed by atoms with Gasteiger partial charge in [0.25, 0.3) is 0 Å². The molecule has 9 nitrogen and oxygen atoms in total. The summed E-state index contributed by atoms with van der Waals surface area (Å²) in [6.07, 6.45) is -1.36. The second-order valence-electron chi connectivity index (χ2n) is 5.17. The van der Waals surface area contributed by atoms with E-state index in [2.05, 4.69) is 5.32 Å². The number of nitrogens with two attached hydrogens (primary N) is 2. The number of rotatable bonds is 7. The van der Waals surface area contributed by atoms with E-state index in [-0.39, 0.29) is 21.3 Å². The van der Waals surface area contributed by atoms with Gasteiger partial charge in [0.05, 0.1) is 24.3 Å². The van der Waals surface area contributed by atoms with E-state index in [1.807, 2.05) is 22.6 Å². The van der Waals surface area contributed by atoms with E-state index in [0.717, 1.165) is 0 Å². The molecular weight excluding hydrogens is 675 g/mol. The van der Waals surface area contributed by atoms with E-state index >= 15 is 0 Å². The summed E-state index contributed by atoms with van der Waals surface area (Å²) in [5, 5.41) is 30.4. The molecule has 12 heteroatoms. The molecule has 3 atom stereocenters. The van der Waals surface area contributed by atoms with Crippen LogP contribution in [0.4, 0.5) is 0 Å². The third kappa shape index (κ3) is 4.63. The molecule has 0 radical (unpaired) electrons. The zero-order valence-electron chi connectivity index (χ0n) is 12.6. The van der Waals surface area contributed by atoms with Gasteiger partial charge in [-0.3, -0.25) is 14.4 Å². The molecule has 0 heterocycles. The van der Waals surface area contributed by atoms with Crippen LogP contribution in [0.2, 0.25) is 0 Å². The van der Waals surface area contributed by atoms with Gasteiger partial charge >= 0.3 is 0 Å². The van der Waals surface area contributed by atoms with Crippen LogP contribution < -0.4 is 16.8 Å². The summed E-state index contributed by atoms with van der Waals surface area (Å²) in [6, 6.07) is 0. The topological polar surface area (TPSA) is 176 Å². The highest BCUT2D eigenvalue weighted by atomic mass is 127. The zero-order valence-corrected chi connectivity index (χ0v) is 19.1. The Kier molecular flexibility index (Phi) is 8.51. The molecule has 0 aromatic heterocycles. The minimum absolute atomic E-state index is 0.160. The van der Waals surface area contributed by atoms with E-state index < -0.39 is 46.4 Å². The number of hydrogen-bond donors (Lipinski definition) is 6. The molecule has 3 amide bonds. The Morgan fingerprint density at radius 3 is 2.20 bits per heavy atom. The zero-order chi connectivity index (χ0) is 19.5. The summed E-state index contributed by atoms with van der Waals surface area (Å²) in [7, 11) is 0. The highest BCUT2D eigenvalue weighted by molar-refractivity contribution is 14.1. The molecule has 25 heavy (non-hydrogen) atoms. The quantitative estimate of drug-likeness (QED) is 0.147. The Hall–Kier alpha value is -0.0400. The predicted molar refractivity (Wildman–Crippen MR) is 114 cm³/mol. The first kappa shape index (κ1) is 23.0. The highest BCUT2D eigenvalue weighted by Crippen LogP contribution is 2.51. The van der Waals surface area contributed by atoms with Crippen molar-refractivity contribution in [1.82, 2.24) is 5.32 Å². The number of carbonyl (C=O) groups excluding carboxylic acids is 3. The standard InChI is InChI=1S/C13H16I3N3O6/c14-8-5(1-4(22)2-20)13(16,12(18)25)7(11(17)24)9(15)10(8)19-6(23)3-21/h4,7,20-22H,1-3H2,(H2,17,24)(H2,18,25)(H,19,23). The second kappa shape index (κ2) is 9.25. The van der Waals surface area contributed by atoms with Gasteiger partial charge in [0, 0.05) is 7.16 Å². The molecule has 1 aliphatic rings. The van der Waals surface area contributed by atoms with Crippen molar-refractivity contribution in [3.05, 3.63) is 18.4 Å². The van der Waals surface area contributed by atoms with Crippen molar-refractivity contribution in [2.75, 3.05) is 13.2 Å². The Balaban J connectivity index is 3.68. The normalized spacial score (nSPS) is 25.0. The molecule has 3 unspecified atom stereocenters.